The first kappa shape index (κ1) is 38.9. The summed E-state index contributed by atoms with van der Waals surface area (Å²) in [4.78, 5) is 39.2. The topological polar surface area (TPSA) is 133 Å². The van der Waals surface area contributed by atoms with Gasteiger partial charge in [-0.15, -0.1) is 0 Å². The van der Waals surface area contributed by atoms with E-state index in [-0.39, 0.29) is 42.3 Å². The van der Waals surface area contributed by atoms with Crippen molar-refractivity contribution in [3.05, 3.63) is 113 Å². The maximum absolute atomic E-state index is 12.9. The number of fused-ring (bicyclic) bond motifs is 1. The maximum atomic E-state index is 12.9. The molecular weight excluding hydrogens is 690 g/mol. The highest BCUT2D eigenvalue weighted by Crippen LogP contribution is 2.41. The van der Waals surface area contributed by atoms with E-state index < -0.39 is 0 Å². The van der Waals surface area contributed by atoms with Gasteiger partial charge >= 0.3 is 0 Å². The number of hydrogen-bond acceptors (Lipinski definition) is 7. The van der Waals surface area contributed by atoms with E-state index in [0.717, 1.165) is 52.9 Å². The van der Waals surface area contributed by atoms with Gasteiger partial charge in [0.2, 0.25) is 11.8 Å². The Hall–Kier alpha value is -5.37. The molecule has 4 aromatic carbocycles. The molecular formula is C42H46ClN5O5. The molecule has 0 saturated heterocycles. The second kappa shape index (κ2) is 18.9. The van der Waals surface area contributed by atoms with Gasteiger partial charge in [-0.25, -0.2) is 0 Å². The van der Waals surface area contributed by atoms with Gasteiger partial charge in [0, 0.05) is 41.5 Å². The lowest BCUT2D eigenvalue weighted by Gasteiger charge is -2.39. The Morgan fingerprint density at radius 1 is 0.943 bits per heavy atom. The highest BCUT2D eigenvalue weighted by Gasteiger charge is 2.32. The van der Waals surface area contributed by atoms with Crippen molar-refractivity contribution in [2.75, 3.05) is 36.6 Å². The molecule has 4 aromatic rings. The first-order valence-corrected chi connectivity index (χ1v) is 18.4. The van der Waals surface area contributed by atoms with Crippen LogP contribution in [0.2, 0.25) is 5.02 Å². The van der Waals surface area contributed by atoms with Crippen LogP contribution < -0.4 is 25.6 Å². The normalized spacial score (nSPS) is 15.4. The van der Waals surface area contributed by atoms with Crippen molar-refractivity contribution in [1.82, 2.24) is 10.6 Å². The minimum atomic E-state index is -0.281. The van der Waals surface area contributed by atoms with Gasteiger partial charge in [-0.3, -0.25) is 14.4 Å². The first-order valence-electron chi connectivity index (χ1n) is 18.0. The Kier molecular flexibility index (Phi) is 13.9. The Morgan fingerprint density at radius 3 is 2.34 bits per heavy atom. The quantitative estimate of drug-likeness (QED) is 0.0994. The van der Waals surface area contributed by atoms with E-state index in [1.165, 1.54) is 0 Å². The number of nitrogens with one attached hydrogen (secondary N) is 3. The fourth-order valence-electron chi connectivity index (χ4n) is 6.61. The summed E-state index contributed by atoms with van der Waals surface area (Å²) in [6.45, 7) is 7.10. The van der Waals surface area contributed by atoms with Crippen molar-refractivity contribution in [1.29, 1.82) is 5.26 Å². The van der Waals surface area contributed by atoms with Crippen LogP contribution in [-0.4, -0.2) is 50.1 Å². The van der Waals surface area contributed by atoms with Crippen molar-refractivity contribution in [3.63, 3.8) is 0 Å². The summed E-state index contributed by atoms with van der Waals surface area (Å²) in [5.41, 5.74) is 6.33. The minimum absolute atomic E-state index is 0.00666. The molecule has 0 spiro atoms. The van der Waals surface area contributed by atoms with Gasteiger partial charge in [-0.1, -0.05) is 55.3 Å². The summed E-state index contributed by atoms with van der Waals surface area (Å²) >= 11 is 6.11. The van der Waals surface area contributed by atoms with E-state index in [2.05, 4.69) is 28.9 Å². The lowest BCUT2D eigenvalue weighted by Crippen LogP contribution is -2.43. The van der Waals surface area contributed by atoms with E-state index in [1.807, 2.05) is 103 Å². The van der Waals surface area contributed by atoms with E-state index in [4.69, 9.17) is 26.3 Å². The number of rotatable bonds is 16. The SMILES string of the molecule is CCCC(NC(=O)CC#N)c1ccc(OCCOCCNC(=O)c2ccc(-c3ccc4c(c3)[C@@H](Nc3ccc(Cl)cc3)C[C@@H](C)N4C(C)=O)cc2)cc1. The molecule has 276 valence electrons. The van der Waals surface area contributed by atoms with E-state index >= 15 is 0 Å². The lowest BCUT2D eigenvalue weighted by atomic mass is 9.88. The molecule has 1 aliphatic heterocycles. The fourth-order valence-corrected chi connectivity index (χ4v) is 6.73. The number of carbonyl (C=O) groups is 3. The third kappa shape index (κ3) is 10.6. The molecule has 0 saturated carbocycles. The number of anilines is 2. The fraction of sp³-hybridized carbons (Fsp3) is 0.333. The molecule has 1 unspecified atom stereocenters. The van der Waals surface area contributed by atoms with Gasteiger partial charge in [-0.05, 0) is 103 Å². The van der Waals surface area contributed by atoms with Gasteiger partial charge in [0.1, 0.15) is 18.8 Å². The van der Waals surface area contributed by atoms with Crippen molar-refractivity contribution < 1.29 is 23.9 Å². The molecule has 53 heavy (non-hydrogen) atoms. The number of hydrogen-bond donors (Lipinski definition) is 3. The molecule has 10 nitrogen and oxygen atoms in total. The molecule has 0 bridgehead atoms. The Morgan fingerprint density at radius 2 is 1.66 bits per heavy atom. The standard InChI is InChI=1S/C42H46ClN5O5/c1-4-5-38(47-41(50)20-21-44)31-10-17-36(18-11-31)53-25-24-52-23-22-45-42(51)32-8-6-30(7-9-32)33-12-19-40-37(27-33)39(26-28(2)48(40)29(3)49)46-35-15-13-34(43)14-16-35/h6-19,27-28,38-39,46H,4-5,20,22-26H2,1-3H3,(H,45,51)(H,47,50)/t28-,38?,39+/m1/s1. The summed E-state index contributed by atoms with van der Waals surface area (Å²) in [5.74, 6) is 0.222. The number of halogens is 1. The molecule has 0 aromatic heterocycles. The van der Waals surface area contributed by atoms with Crippen LogP contribution >= 0.6 is 11.6 Å². The summed E-state index contributed by atoms with van der Waals surface area (Å²) in [5, 5.41) is 18.9. The van der Waals surface area contributed by atoms with Crippen LogP contribution in [0.25, 0.3) is 11.1 Å². The van der Waals surface area contributed by atoms with Crippen LogP contribution in [0, 0.1) is 11.3 Å². The molecule has 1 heterocycles. The van der Waals surface area contributed by atoms with Crippen LogP contribution in [0.1, 0.15) is 80.0 Å². The first-order chi connectivity index (χ1) is 25.7. The zero-order chi connectivity index (χ0) is 37.7. The largest absolute Gasteiger partial charge is 0.491 e. The van der Waals surface area contributed by atoms with Crippen LogP contribution in [0.4, 0.5) is 11.4 Å². The van der Waals surface area contributed by atoms with Gasteiger partial charge in [0.25, 0.3) is 5.91 Å². The second-order valence-electron chi connectivity index (χ2n) is 13.1. The third-order valence-electron chi connectivity index (χ3n) is 9.15. The predicted octanol–water partition coefficient (Wildman–Crippen LogP) is 8.00. The Bertz CT molecular complexity index is 1890. The number of ether oxygens (including phenoxy) is 2. The van der Waals surface area contributed by atoms with Crippen molar-refractivity contribution >= 4 is 40.7 Å². The van der Waals surface area contributed by atoms with Crippen molar-refractivity contribution in [2.24, 2.45) is 0 Å². The van der Waals surface area contributed by atoms with E-state index in [1.54, 1.807) is 6.92 Å². The van der Waals surface area contributed by atoms with Gasteiger partial charge in [0.15, 0.2) is 0 Å². The predicted molar refractivity (Wildman–Crippen MR) is 208 cm³/mol. The summed E-state index contributed by atoms with van der Waals surface area (Å²) in [6.07, 6.45) is 2.25. The van der Waals surface area contributed by atoms with Crippen LogP contribution in [-0.2, 0) is 14.3 Å². The van der Waals surface area contributed by atoms with Gasteiger partial charge in [0.05, 0.1) is 31.4 Å². The van der Waals surface area contributed by atoms with Crippen molar-refractivity contribution in [3.8, 4) is 22.9 Å². The minimum Gasteiger partial charge on any atom is -0.491 e. The number of benzene rings is 4. The molecule has 3 atom stereocenters. The molecule has 3 N–H and O–H groups in total. The van der Waals surface area contributed by atoms with Crippen LogP contribution in [0.3, 0.4) is 0 Å². The monoisotopic (exact) mass is 735 g/mol. The van der Waals surface area contributed by atoms with Crippen molar-refractivity contribution in [2.45, 2.75) is 64.6 Å². The molecule has 1 aliphatic rings. The Labute approximate surface area is 316 Å². The van der Waals surface area contributed by atoms with Crippen LogP contribution in [0.5, 0.6) is 5.75 Å². The highest BCUT2D eigenvalue weighted by atomic mass is 35.5. The van der Waals surface area contributed by atoms with Gasteiger partial charge < -0.3 is 30.3 Å². The number of nitrogens with zero attached hydrogens (tertiary/aromatic N) is 2. The van der Waals surface area contributed by atoms with E-state index in [9.17, 15) is 14.4 Å². The molecule has 3 amide bonds. The zero-order valence-corrected chi connectivity index (χ0v) is 31.1. The van der Waals surface area contributed by atoms with E-state index in [0.29, 0.717) is 42.7 Å². The second-order valence-corrected chi connectivity index (χ2v) is 13.5. The zero-order valence-electron chi connectivity index (χ0n) is 30.4. The number of amides is 3. The lowest BCUT2D eigenvalue weighted by molar-refractivity contribution is -0.121. The number of nitriles is 1. The Balaban J connectivity index is 1.09. The average molecular weight is 736 g/mol. The highest BCUT2D eigenvalue weighted by molar-refractivity contribution is 6.30. The summed E-state index contributed by atoms with van der Waals surface area (Å²) in [6, 6.07) is 30.5. The molecule has 5 rings (SSSR count). The molecule has 0 aliphatic carbocycles. The maximum Gasteiger partial charge on any atom is 0.251 e. The average Bonchev–Trinajstić information content (AvgIpc) is 3.15. The van der Waals surface area contributed by atoms with Gasteiger partial charge in [-0.2, -0.15) is 5.26 Å². The third-order valence-corrected chi connectivity index (χ3v) is 9.40. The molecule has 0 fully saturated rings. The summed E-state index contributed by atoms with van der Waals surface area (Å²) < 4.78 is 11.4. The number of carbonyl (C=O) groups excluding carboxylic acids is 3. The summed E-state index contributed by atoms with van der Waals surface area (Å²) in [7, 11) is 0. The molecule has 11 heteroatoms. The van der Waals surface area contributed by atoms with Crippen LogP contribution in [0.15, 0.2) is 91.0 Å². The smallest absolute Gasteiger partial charge is 0.251 e. The molecule has 0 radical (unpaired) electrons.